The van der Waals surface area contributed by atoms with Crippen molar-refractivity contribution in [1.29, 1.82) is 0 Å². The molecule has 0 aliphatic rings. The van der Waals surface area contributed by atoms with Crippen molar-refractivity contribution in [2.45, 2.75) is 6.92 Å². The monoisotopic (exact) mass is 255 g/mol. The Hall–Kier alpha value is -2.00. The van der Waals surface area contributed by atoms with Gasteiger partial charge in [-0.25, -0.2) is 0 Å². The van der Waals surface area contributed by atoms with Gasteiger partial charge in [0.2, 0.25) is 0 Å². The standard InChI is InChI=1S/C15H13NOS/c1-11-7-9-12(10-8-11)14(17)16-15(18)13-5-3-2-4-6-13/h2-10H,1H3,(H,16,17,18). The molecule has 2 aromatic carbocycles. The molecule has 0 aliphatic carbocycles. The van der Waals surface area contributed by atoms with E-state index in [1.54, 1.807) is 12.1 Å². The minimum atomic E-state index is -0.177. The maximum Gasteiger partial charge on any atom is 0.256 e. The molecule has 0 radical (unpaired) electrons. The molecule has 1 N–H and O–H groups in total. The van der Waals surface area contributed by atoms with E-state index in [0.717, 1.165) is 11.1 Å². The fourth-order valence-corrected chi connectivity index (χ4v) is 1.77. The second-order valence-corrected chi connectivity index (χ2v) is 4.42. The number of benzene rings is 2. The average molecular weight is 255 g/mol. The van der Waals surface area contributed by atoms with Gasteiger partial charge in [0.15, 0.2) is 0 Å². The van der Waals surface area contributed by atoms with E-state index in [0.29, 0.717) is 10.6 Å². The summed E-state index contributed by atoms with van der Waals surface area (Å²) in [5.41, 5.74) is 2.57. The Morgan fingerprint density at radius 2 is 1.56 bits per heavy atom. The van der Waals surface area contributed by atoms with Crippen LogP contribution in [0.2, 0.25) is 0 Å². The number of nitrogens with one attached hydrogen (secondary N) is 1. The first-order valence-electron chi connectivity index (χ1n) is 5.64. The number of carbonyl (C=O) groups is 1. The molecule has 0 aliphatic heterocycles. The number of hydrogen-bond acceptors (Lipinski definition) is 2. The topological polar surface area (TPSA) is 29.1 Å². The lowest BCUT2D eigenvalue weighted by Crippen LogP contribution is -2.29. The molecule has 0 aromatic heterocycles. The first-order valence-corrected chi connectivity index (χ1v) is 6.05. The first kappa shape index (κ1) is 12.5. The Labute approximate surface area is 112 Å². The van der Waals surface area contributed by atoms with Crippen molar-refractivity contribution in [3.63, 3.8) is 0 Å². The van der Waals surface area contributed by atoms with Crippen LogP contribution in [0.5, 0.6) is 0 Å². The molecule has 90 valence electrons. The molecule has 2 rings (SSSR count). The van der Waals surface area contributed by atoms with E-state index in [1.165, 1.54) is 0 Å². The molecule has 0 heterocycles. The summed E-state index contributed by atoms with van der Waals surface area (Å²) in [6, 6.07) is 16.8. The Bertz CT molecular complexity index is 561. The summed E-state index contributed by atoms with van der Waals surface area (Å²) in [6.07, 6.45) is 0. The van der Waals surface area contributed by atoms with Gasteiger partial charge in [-0.15, -0.1) is 0 Å². The van der Waals surface area contributed by atoms with E-state index in [2.05, 4.69) is 5.32 Å². The van der Waals surface area contributed by atoms with E-state index < -0.39 is 0 Å². The van der Waals surface area contributed by atoms with Gasteiger partial charge in [-0.1, -0.05) is 60.2 Å². The lowest BCUT2D eigenvalue weighted by molar-refractivity contribution is 0.0978. The lowest BCUT2D eigenvalue weighted by Gasteiger charge is -2.06. The van der Waals surface area contributed by atoms with E-state index in [4.69, 9.17) is 12.2 Å². The molecule has 0 saturated heterocycles. The molecule has 0 saturated carbocycles. The Morgan fingerprint density at radius 1 is 0.944 bits per heavy atom. The highest BCUT2D eigenvalue weighted by Gasteiger charge is 2.08. The Kier molecular flexibility index (Phi) is 3.85. The minimum Gasteiger partial charge on any atom is -0.312 e. The molecule has 2 nitrogen and oxygen atoms in total. The van der Waals surface area contributed by atoms with Gasteiger partial charge in [0, 0.05) is 11.1 Å². The third-order valence-electron chi connectivity index (χ3n) is 2.58. The maximum absolute atomic E-state index is 11.9. The molecular weight excluding hydrogens is 242 g/mol. The van der Waals surface area contributed by atoms with Crippen LogP contribution in [0.1, 0.15) is 21.5 Å². The van der Waals surface area contributed by atoms with Crippen LogP contribution in [0.25, 0.3) is 0 Å². The molecule has 3 heteroatoms. The molecule has 0 atom stereocenters. The van der Waals surface area contributed by atoms with Gasteiger partial charge in [0.05, 0.1) is 0 Å². The summed E-state index contributed by atoms with van der Waals surface area (Å²) in [5, 5.41) is 2.72. The van der Waals surface area contributed by atoms with Crippen molar-refractivity contribution in [2.75, 3.05) is 0 Å². The second-order valence-electron chi connectivity index (χ2n) is 4.02. The molecule has 18 heavy (non-hydrogen) atoms. The fourth-order valence-electron chi connectivity index (χ4n) is 1.54. The van der Waals surface area contributed by atoms with Crippen molar-refractivity contribution in [3.8, 4) is 0 Å². The summed E-state index contributed by atoms with van der Waals surface area (Å²) in [4.78, 5) is 12.4. The smallest absolute Gasteiger partial charge is 0.256 e. The number of carbonyl (C=O) groups excluding carboxylic acids is 1. The van der Waals surface area contributed by atoms with Crippen molar-refractivity contribution < 1.29 is 4.79 Å². The van der Waals surface area contributed by atoms with Gasteiger partial charge in [-0.3, -0.25) is 4.79 Å². The van der Waals surface area contributed by atoms with Gasteiger partial charge in [0.1, 0.15) is 4.99 Å². The predicted molar refractivity (Wildman–Crippen MR) is 76.8 cm³/mol. The van der Waals surface area contributed by atoms with Gasteiger partial charge in [-0.05, 0) is 19.1 Å². The summed E-state index contributed by atoms with van der Waals surface area (Å²) in [5.74, 6) is -0.177. The minimum absolute atomic E-state index is 0.177. The first-order chi connectivity index (χ1) is 8.66. The van der Waals surface area contributed by atoms with Gasteiger partial charge >= 0.3 is 0 Å². The fraction of sp³-hybridized carbons (Fsp3) is 0.0667. The van der Waals surface area contributed by atoms with Gasteiger partial charge in [-0.2, -0.15) is 0 Å². The predicted octanol–water partition coefficient (Wildman–Crippen LogP) is 3.10. The summed E-state index contributed by atoms with van der Waals surface area (Å²) >= 11 is 5.19. The highest BCUT2D eigenvalue weighted by atomic mass is 32.1. The SMILES string of the molecule is Cc1ccc(C(=O)NC(=S)c2ccccc2)cc1. The van der Waals surface area contributed by atoms with Crippen LogP contribution in [0, 0.1) is 6.92 Å². The van der Waals surface area contributed by atoms with Crippen molar-refractivity contribution in [3.05, 3.63) is 71.3 Å². The number of amides is 1. The molecular formula is C15H13NOS. The largest absolute Gasteiger partial charge is 0.312 e. The van der Waals surface area contributed by atoms with Crippen molar-refractivity contribution in [2.24, 2.45) is 0 Å². The molecule has 0 bridgehead atoms. The quantitative estimate of drug-likeness (QED) is 0.835. The summed E-state index contributed by atoms with van der Waals surface area (Å²) in [6.45, 7) is 1.98. The second kappa shape index (κ2) is 5.56. The summed E-state index contributed by atoms with van der Waals surface area (Å²) in [7, 11) is 0. The van der Waals surface area contributed by atoms with Crippen molar-refractivity contribution in [1.82, 2.24) is 5.32 Å². The molecule has 0 unspecified atom stereocenters. The van der Waals surface area contributed by atoms with E-state index in [9.17, 15) is 4.79 Å². The Morgan fingerprint density at radius 3 is 2.17 bits per heavy atom. The van der Waals surface area contributed by atoms with Crippen LogP contribution in [-0.4, -0.2) is 10.9 Å². The van der Waals surface area contributed by atoms with Crippen LogP contribution < -0.4 is 5.32 Å². The molecule has 0 fully saturated rings. The Balaban J connectivity index is 2.08. The lowest BCUT2D eigenvalue weighted by atomic mass is 10.1. The third-order valence-corrected chi connectivity index (χ3v) is 2.91. The van der Waals surface area contributed by atoms with Gasteiger partial charge in [0.25, 0.3) is 5.91 Å². The zero-order valence-electron chi connectivity index (χ0n) is 10.0. The summed E-state index contributed by atoms with van der Waals surface area (Å²) < 4.78 is 0. The van der Waals surface area contributed by atoms with E-state index in [-0.39, 0.29) is 5.91 Å². The number of rotatable bonds is 2. The number of hydrogen-bond donors (Lipinski definition) is 1. The molecule has 1 amide bonds. The zero-order chi connectivity index (χ0) is 13.0. The zero-order valence-corrected chi connectivity index (χ0v) is 10.8. The highest BCUT2D eigenvalue weighted by molar-refractivity contribution is 7.80. The van der Waals surface area contributed by atoms with Crippen LogP contribution in [0.15, 0.2) is 54.6 Å². The van der Waals surface area contributed by atoms with Crippen LogP contribution in [-0.2, 0) is 0 Å². The average Bonchev–Trinajstić information content (AvgIpc) is 2.40. The van der Waals surface area contributed by atoms with Crippen molar-refractivity contribution >= 4 is 23.1 Å². The normalized spacial score (nSPS) is 9.83. The maximum atomic E-state index is 11.9. The van der Waals surface area contributed by atoms with E-state index >= 15 is 0 Å². The van der Waals surface area contributed by atoms with Crippen LogP contribution in [0.3, 0.4) is 0 Å². The highest BCUT2D eigenvalue weighted by Crippen LogP contribution is 2.04. The molecule has 0 spiro atoms. The van der Waals surface area contributed by atoms with Crippen LogP contribution in [0.4, 0.5) is 0 Å². The van der Waals surface area contributed by atoms with Gasteiger partial charge < -0.3 is 5.32 Å². The van der Waals surface area contributed by atoms with E-state index in [1.807, 2.05) is 49.4 Å². The number of aryl methyl sites for hydroxylation is 1. The third kappa shape index (κ3) is 3.02. The number of thiocarbonyl (C=S) groups is 1. The van der Waals surface area contributed by atoms with Crippen LogP contribution >= 0.6 is 12.2 Å². The molecule has 2 aromatic rings.